The molecule has 110 valence electrons. The molecule has 0 aromatic carbocycles. The fourth-order valence-electron chi connectivity index (χ4n) is 3.76. The van der Waals surface area contributed by atoms with Crippen LogP contribution in [-0.2, 0) is 0 Å². The molecule has 3 N–H and O–H groups in total. The van der Waals surface area contributed by atoms with E-state index in [1.165, 1.54) is 6.42 Å². The Morgan fingerprint density at radius 2 is 2.30 bits per heavy atom. The summed E-state index contributed by atoms with van der Waals surface area (Å²) in [6.07, 6.45) is 5.00. The van der Waals surface area contributed by atoms with Crippen molar-refractivity contribution in [2.24, 2.45) is 5.41 Å². The second kappa shape index (κ2) is 5.18. The fourth-order valence-corrected chi connectivity index (χ4v) is 3.76. The van der Waals surface area contributed by atoms with Gasteiger partial charge in [-0.2, -0.15) is 4.98 Å². The van der Waals surface area contributed by atoms with Crippen LogP contribution in [0, 0.1) is 5.41 Å². The lowest BCUT2D eigenvalue weighted by Crippen LogP contribution is -2.61. The molecule has 0 spiro atoms. The Hall–Kier alpha value is -1.40. The molecule has 1 aromatic heterocycles. The van der Waals surface area contributed by atoms with Crippen molar-refractivity contribution in [2.75, 3.05) is 43.9 Å². The molecule has 0 amide bonds. The quantitative estimate of drug-likeness (QED) is 0.812. The maximum absolute atomic E-state index is 9.90. The van der Waals surface area contributed by atoms with Gasteiger partial charge in [0.05, 0.1) is 6.61 Å². The Morgan fingerprint density at radius 3 is 3.05 bits per heavy atom. The van der Waals surface area contributed by atoms with Gasteiger partial charge in [0.2, 0.25) is 5.95 Å². The molecular weight excluding hydrogens is 254 g/mol. The number of hydrogen-bond donors (Lipinski definition) is 2. The Balaban J connectivity index is 1.83. The molecule has 0 unspecified atom stereocenters. The molecular formula is C14H23N5O. The van der Waals surface area contributed by atoms with Crippen LogP contribution < -0.4 is 10.6 Å². The molecule has 0 aliphatic carbocycles. The first-order valence-electron chi connectivity index (χ1n) is 7.29. The molecule has 1 aromatic rings. The van der Waals surface area contributed by atoms with Crippen LogP contribution in [0.15, 0.2) is 12.3 Å². The smallest absolute Gasteiger partial charge is 0.221 e. The normalized spacial score (nSPS) is 31.1. The highest BCUT2D eigenvalue weighted by Crippen LogP contribution is 2.42. The lowest BCUT2D eigenvalue weighted by Gasteiger charge is -2.53. The Labute approximate surface area is 119 Å². The van der Waals surface area contributed by atoms with E-state index in [4.69, 9.17) is 5.73 Å². The minimum atomic E-state index is 0.0576. The van der Waals surface area contributed by atoms with Gasteiger partial charge in [-0.05, 0) is 38.9 Å². The van der Waals surface area contributed by atoms with E-state index in [-0.39, 0.29) is 12.0 Å². The van der Waals surface area contributed by atoms with Gasteiger partial charge in [-0.3, -0.25) is 0 Å². The van der Waals surface area contributed by atoms with E-state index in [0.29, 0.717) is 12.0 Å². The number of rotatable bonds is 2. The topological polar surface area (TPSA) is 78.5 Å². The van der Waals surface area contributed by atoms with Crippen molar-refractivity contribution in [3.8, 4) is 0 Å². The largest absolute Gasteiger partial charge is 0.396 e. The number of likely N-dealkylation sites (N-methyl/N-ethyl adjacent to an activating group) is 1. The van der Waals surface area contributed by atoms with Crippen LogP contribution in [0.3, 0.4) is 0 Å². The lowest BCUT2D eigenvalue weighted by atomic mass is 9.69. The maximum Gasteiger partial charge on any atom is 0.221 e. The standard InChI is InChI=1S/C14H23N5O/c1-18-7-2-4-14(10-20)5-8-19(9-11(14)18)12-3-6-16-13(15)17-12/h3,6,11,20H,2,4-5,7-10H2,1H3,(H2,15,16,17)/t11-,14-/m1/s1. The number of likely N-dealkylation sites (tertiary alicyclic amines) is 1. The van der Waals surface area contributed by atoms with Gasteiger partial charge >= 0.3 is 0 Å². The number of aliphatic hydroxyl groups excluding tert-OH is 1. The molecule has 20 heavy (non-hydrogen) atoms. The molecule has 0 saturated carbocycles. The summed E-state index contributed by atoms with van der Waals surface area (Å²) >= 11 is 0. The maximum atomic E-state index is 9.90. The first-order chi connectivity index (χ1) is 9.64. The zero-order valence-electron chi connectivity index (χ0n) is 12.0. The summed E-state index contributed by atoms with van der Waals surface area (Å²) < 4.78 is 0. The number of nitrogen functional groups attached to an aromatic ring is 1. The first-order valence-corrected chi connectivity index (χ1v) is 7.29. The highest BCUT2D eigenvalue weighted by Gasteiger charge is 2.46. The molecule has 3 heterocycles. The van der Waals surface area contributed by atoms with Gasteiger partial charge in [0.15, 0.2) is 0 Å². The van der Waals surface area contributed by atoms with Crippen LogP contribution >= 0.6 is 0 Å². The number of fused-ring (bicyclic) bond motifs is 1. The van der Waals surface area contributed by atoms with E-state index in [2.05, 4.69) is 26.8 Å². The molecule has 6 heteroatoms. The monoisotopic (exact) mass is 277 g/mol. The van der Waals surface area contributed by atoms with Crippen molar-refractivity contribution >= 4 is 11.8 Å². The predicted octanol–water partition coefficient (Wildman–Crippen LogP) is 0.342. The van der Waals surface area contributed by atoms with Crippen molar-refractivity contribution in [2.45, 2.75) is 25.3 Å². The summed E-state index contributed by atoms with van der Waals surface area (Å²) in [4.78, 5) is 12.9. The number of piperidine rings is 2. The summed E-state index contributed by atoms with van der Waals surface area (Å²) in [5.74, 6) is 1.21. The highest BCUT2D eigenvalue weighted by atomic mass is 16.3. The average molecular weight is 277 g/mol. The van der Waals surface area contributed by atoms with Gasteiger partial charge in [0.25, 0.3) is 0 Å². The number of aromatic nitrogens is 2. The number of anilines is 2. The number of nitrogens with zero attached hydrogens (tertiary/aromatic N) is 4. The third kappa shape index (κ3) is 2.23. The highest BCUT2D eigenvalue weighted by molar-refractivity contribution is 5.42. The van der Waals surface area contributed by atoms with E-state index in [0.717, 1.165) is 38.3 Å². The Morgan fingerprint density at radius 1 is 1.45 bits per heavy atom. The number of hydrogen-bond acceptors (Lipinski definition) is 6. The summed E-state index contributed by atoms with van der Waals surface area (Å²) in [5, 5.41) is 9.90. The van der Waals surface area contributed by atoms with E-state index >= 15 is 0 Å². The molecule has 2 saturated heterocycles. The van der Waals surface area contributed by atoms with E-state index in [1.54, 1.807) is 6.20 Å². The van der Waals surface area contributed by atoms with E-state index in [9.17, 15) is 5.11 Å². The molecule has 0 radical (unpaired) electrons. The van der Waals surface area contributed by atoms with E-state index in [1.807, 2.05) is 6.07 Å². The first kappa shape index (κ1) is 13.6. The van der Waals surface area contributed by atoms with Crippen LogP contribution in [0.5, 0.6) is 0 Å². The molecule has 2 aliphatic heterocycles. The molecule has 6 nitrogen and oxygen atoms in total. The summed E-state index contributed by atoms with van der Waals surface area (Å²) in [5.41, 5.74) is 5.73. The van der Waals surface area contributed by atoms with Crippen LogP contribution in [0.4, 0.5) is 11.8 Å². The third-order valence-electron chi connectivity index (χ3n) is 5.00. The van der Waals surface area contributed by atoms with Gasteiger partial charge in [-0.1, -0.05) is 0 Å². The zero-order valence-corrected chi connectivity index (χ0v) is 12.0. The lowest BCUT2D eigenvalue weighted by molar-refractivity contribution is -0.0277. The molecule has 2 atom stereocenters. The van der Waals surface area contributed by atoms with Crippen LogP contribution in [0.1, 0.15) is 19.3 Å². The molecule has 2 aliphatic rings. The van der Waals surface area contributed by atoms with Crippen molar-refractivity contribution in [3.63, 3.8) is 0 Å². The van der Waals surface area contributed by atoms with Gasteiger partial charge in [0.1, 0.15) is 5.82 Å². The second-order valence-corrected chi connectivity index (χ2v) is 6.09. The van der Waals surface area contributed by atoms with E-state index < -0.39 is 0 Å². The fraction of sp³-hybridized carbons (Fsp3) is 0.714. The van der Waals surface area contributed by atoms with Crippen LogP contribution in [0.25, 0.3) is 0 Å². The molecule has 3 rings (SSSR count). The SMILES string of the molecule is CN1CCC[C@]2(CO)CCN(c3ccnc(N)n3)C[C@@H]12. The summed E-state index contributed by atoms with van der Waals surface area (Å²) in [6, 6.07) is 2.29. The van der Waals surface area contributed by atoms with Crippen molar-refractivity contribution in [1.29, 1.82) is 0 Å². The van der Waals surface area contributed by atoms with Gasteiger partial charge in [-0.15, -0.1) is 0 Å². The second-order valence-electron chi connectivity index (χ2n) is 6.09. The number of aliphatic hydroxyl groups is 1. The van der Waals surface area contributed by atoms with Gasteiger partial charge < -0.3 is 20.6 Å². The minimum Gasteiger partial charge on any atom is -0.396 e. The average Bonchev–Trinajstić information content (AvgIpc) is 2.47. The minimum absolute atomic E-state index is 0.0576. The van der Waals surface area contributed by atoms with Crippen LogP contribution in [-0.4, -0.2) is 59.3 Å². The van der Waals surface area contributed by atoms with Gasteiger partial charge in [-0.25, -0.2) is 4.98 Å². The predicted molar refractivity (Wildman–Crippen MR) is 78.4 cm³/mol. The van der Waals surface area contributed by atoms with Crippen molar-refractivity contribution < 1.29 is 5.11 Å². The van der Waals surface area contributed by atoms with Crippen LogP contribution in [0.2, 0.25) is 0 Å². The number of nitrogens with two attached hydrogens (primary N) is 1. The molecule has 0 bridgehead atoms. The van der Waals surface area contributed by atoms with Crippen molar-refractivity contribution in [3.05, 3.63) is 12.3 Å². The molecule has 2 fully saturated rings. The van der Waals surface area contributed by atoms with Crippen molar-refractivity contribution in [1.82, 2.24) is 14.9 Å². The Kier molecular flexibility index (Phi) is 3.52. The van der Waals surface area contributed by atoms with Gasteiger partial charge in [0, 0.05) is 30.7 Å². The third-order valence-corrected chi connectivity index (χ3v) is 5.00. The Bertz CT molecular complexity index is 482. The summed E-state index contributed by atoms with van der Waals surface area (Å²) in [7, 11) is 2.16. The zero-order chi connectivity index (χ0) is 14.2. The summed E-state index contributed by atoms with van der Waals surface area (Å²) in [6.45, 7) is 3.20.